The Kier molecular flexibility index (Phi) is 3.99. The van der Waals surface area contributed by atoms with Gasteiger partial charge in [-0.3, -0.25) is 0 Å². The minimum absolute atomic E-state index is 0.0150. The lowest BCUT2D eigenvalue weighted by Gasteiger charge is -2.30. The maximum atomic E-state index is 9.61. The van der Waals surface area contributed by atoms with Crippen LogP contribution in [0.15, 0.2) is 18.2 Å². The van der Waals surface area contributed by atoms with Gasteiger partial charge in [-0.15, -0.1) is 0 Å². The summed E-state index contributed by atoms with van der Waals surface area (Å²) in [6.45, 7) is 2.90. The Morgan fingerprint density at radius 3 is 2.65 bits per heavy atom. The first kappa shape index (κ1) is 13.2. The average molecular weight is 274 g/mol. The van der Waals surface area contributed by atoms with Crippen molar-refractivity contribution in [3.8, 4) is 0 Å². The van der Waals surface area contributed by atoms with E-state index in [4.69, 9.17) is 23.2 Å². The number of rotatable bonds is 5. The minimum atomic E-state index is -0.496. The Labute approximate surface area is 112 Å². The Morgan fingerprint density at radius 2 is 2.12 bits per heavy atom. The molecule has 0 radical (unpaired) electrons. The monoisotopic (exact) mass is 273 g/mol. The molecule has 0 spiro atoms. The van der Waals surface area contributed by atoms with Gasteiger partial charge in [-0.1, -0.05) is 29.3 Å². The Balaban J connectivity index is 2.18. The van der Waals surface area contributed by atoms with Crippen LogP contribution < -0.4 is 5.32 Å². The van der Waals surface area contributed by atoms with Gasteiger partial charge in [-0.05, 0) is 49.9 Å². The highest BCUT2D eigenvalue weighted by atomic mass is 35.5. The molecule has 0 aliphatic heterocycles. The maximum Gasteiger partial charge on any atom is 0.0655 e. The summed E-state index contributed by atoms with van der Waals surface area (Å²) in [5.74, 6) is 0.756. The Bertz CT molecular complexity index is 406. The third-order valence-corrected chi connectivity index (χ3v) is 3.87. The molecule has 4 heteroatoms. The molecule has 2 N–H and O–H groups in total. The van der Waals surface area contributed by atoms with Gasteiger partial charge < -0.3 is 10.4 Å². The highest BCUT2D eigenvalue weighted by Gasteiger charge is 2.30. The van der Waals surface area contributed by atoms with Crippen molar-refractivity contribution in [1.29, 1.82) is 0 Å². The second-order valence-corrected chi connectivity index (χ2v) is 5.78. The van der Waals surface area contributed by atoms with E-state index < -0.39 is 5.54 Å². The molecule has 0 heterocycles. The average Bonchev–Trinajstić information content (AvgIpc) is 3.09. The fourth-order valence-corrected chi connectivity index (χ4v) is 2.48. The lowest BCUT2D eigenvalue weighted by atomic mass is 9.92. The third kappa shape index (κ3) is 3.14. The van der Waals surface area contributed by atoms with E-state index in [1.165, 1.54) is 12.8 Å². The largest absolute Gasteiger partial charge is 0.394 e. The molecule has 1 fully saturated rings. The summed E-state index contributed by atoms with van der Waals surface area (Å²) in [6.07, 6.45) is 2.56. The van der Waals surface area contributed by atoms with Gasteiger partial charge in [0.2, 0.25) is 0 Å². The predicted octanol–water partition coefficient (Wildman–Crippen LogP) is 3.20. The van der Waals surface area contributed by atoms with Gasteiger partial charge in [-0.2, -0.15) is 0 Å². The fourth-order valence-electron chi connectivity index (χ4n) is 1.86. The molecule has 17 heavy (non-hydrogen) atoms. The topological polar surface area (TPSA) is 32.3 Å². The van der Waals surface area contributed by atoms with E-state index in [1.54, 1.807) is 12.1 Å². The molecule has 2 nitrogen and oxygen atoms in total. The number of nitrogens with one attached hydrogen (secondary N) is 1. The normalized spacial score (nSPS) is 19.1. The van der Waals surface area contributed by atoms with Gasteiger partial charge in [0.1, 0.15) is 0 Å². The standard InChI is InChI=1S/C13H17Cl2NO/c1-13(8-17,16-7-9-2-3-9)11-5-4-10(14)6-12(11)15/h4-6,9,16-17H,2-3,7-8H2,1H3. The van der Waals surface area contributed by atoms with Gasteiger partial charge in [0.15, 0.2) is 0 Å². The van der Waals surface area contributed by atoms with E-state index in [2.05, 4.69) is 5.32 Å². The zero-order chi connectivity index (χ0) is 12.5. The molecule has 0 saturated heterocycles. The van der Waals surface area contributed by atoms with Crippen molar-refractivity contribution in [1.82, 2.24) is 5.32 Å². The van der Waals surface area contributed by atoms with Crippen molar-refractivity contribution >= 4 is 23.2 Å². The van der Waals surface area contributed by atoms with Crippen LogP contribution >= 0.6 is 23.2 Å². The lowest BCUT2D eigenvalue weighted by molar-refractivity contribution is 0.174. The number of aliphatic hydroxyl groups excluding tert-OH is 1. The second kappa shape index (κ2) is 5.15. The number of hydrogen-bond acceptors (Lipinski definition) is 2. The molecule has 94 valence electrons. The predicted molar refractivity (Wildman–Crippen MR) is 71.6 cm³/mol. The van der Waals surface area contributed by atoms with E-state index in [0.29, 0.717) is 10.0 Å². The van der Waals surface area contributed by atoms with Gasteiger partial charge in [-0.25, -0.2) is 0 Å². The van der Waals surface area contributed by atoms with Crippen LogP contribution in [0.3, 0.4) is 0 Å². The van der Waals surface area contributed by atoms with Crippen molar-refractivity contribution in [3.05, 3.63) is 33.8 Å². The highest BCUT2D eigenvalue weighted by Crippen LogP contribution is 2.33. The first-order chi connectivity index (χ1) is 8.05. The molecule has 0 aromatic heterocycles. The van der Waals surface area contributed by atoms with E-state index in [1.807, 2.05) is 13.0 Å². The van der Waals surface area contributed by atoms with Gasteiger partial charge >= 0.3 is 0 Å². The Morgan fingerprint density at radius 1 is 1.41 bits per heavy atom. The summed E-state index contributed by atoms with van der Waals surface area (Å²) in [6, 6.07) is 5.39. The molecule has 1 unspecified atom stereocenters. The lowest BCUT2D eigenvalue weighted by Crippen LogP contribution is -2.44. The quantitative estimate of drug-likeness (QED) is 0.864. The van der Waals surface area contributed by atoms with Crippen LogP contribution in [-0.4, -0.2) is 18.3 Å². The summed E-state index contributed by atoms with van der Waals surface area (Å²) in [4.78, 5) is 0. The highest BCUT2D eigenvalue weighted by molar-refractivity contribution is 6.35. The number of aliphatic hydroxyl groups is 1. The Hall–Kier alpha value is -0.280. The molecule has 2 rings (SSSR count). The van der Waals surface area contributed by atoms with Crippen molar-refractivity contribution in [2.75, 3.05) is 13.2 Å². The maximum absolute atomic E-state index is 9.61. The van der Waals surface area contributed by atoms with Gasteiger partial charge in [0.05, 0.1) is 12.1 Å². The van der Waals surface area contributed by atoms with Crippen LogP contribution in [0.1, 0.15) is 25.3 Å². The molecule has 0 bridgehead atoms. The molecule has 1 aromatic rings. The molecule has 1 aliphatic carbocycles. The van der Waals surface area contributed by atoms with E-state index in [0.717, 1.165) is 18.0 Å². The summed E-state index contributed by atoms with van der Waals surface area (Å²) in [5, 5.41) is 14.2. The van der Waals surface area contributed by atoms with Crippen molar-refractivity contribution < 1.29 is 5.11 Å². The summed E-state index contributed by atoms with van der Waals surface area (Å²) in [5.41, 5.74) is 0.399. The number of halogens is 2. The van der Waals surface area contributed by atoms with Crippen molar-refractivity contribution in [2.45, 2.75) is 25.3 Å². The summed E-state index contributed by atoms with van der Waals surface area (Å²) < 4.78 is 0. The van der Waals surface area contributed by atoms with Gasteiger partial charge in [0, 0.05) is 10.0 Å². The summed E-state index contributed by atoms with van der Waals surface area (Å²) >= 11 is 12.1. The molecular formula is C13H17Cl2NO. The number of benzene rings is 1. The molecule has 1 saturated carbocycles. The van der Waals surface area contributed by atoms with Crippen LogP contribution in [0, 0.1) is 5.92 Å². The molecule has 1 aliphatic rings. The molecular weight excluding hydrogens is 257 g/mol. The number of hydrogen-bond donors (Lipinski definition) is 2. The van der Waals surface area contributed by atoms with Crippen LogP contribution in [0.25, 0.3) is 0 Å². The van der Waals surface area contributed by atoms with E-state index >= 15 is 0 Å². The van der Waals surface area contributed by atoms with Crippen molar-refractivity contribution in [3.63, 3.8) is 0 Å². The molecule has 0 amide bonds. The minimum Gasteiger partial charge on any atom is -0.394 e. The van der Waals surface area contributed by atoms with Crippen LogP contribution in [0.5, 0.6) is 0 Å². The zero-order valence-corrected chi connectivity index (χ0v) is 11.4. The van der Waals surface area contributed by atoms with Crippen LogP contribution in [-0.2, 0) is 5.54 Å². The van der Waals surface area contributed by atoms with Crippen LogP contribution in [0.4, 0.5) is 0 Å². The first-order valence-corrected chi connectivity index (χ1v) is 6.62. The first-order valence-electron chi connectivity index (χ1n) is 5.86. The van der Waals surface area contributed by atoms with E-state index in [9.17, 15) is 5.11 Å². The SMILES string of the molecule is CC(CO)(NCC1CC1)c1ccc(Cl)cc1Cl. The molecule has 1 atom stereocenters. The van der Waals surface area contributed by atoms with Gasteiger partial charge in [0.25, 0.3) is 0 Å². The zero-order valence-electron chi connectivity index (χ0n) is 9.84. The van der Waals surface area contributed by atoms with Crippen molar-refractivity contribution in [2.24, 2.45) is 5.92 Å². The third-order valence-electron chi connectivity index (χ3n) is 3.32. The summed E-state index contributed by atoms with van der Waals surface area (Å²) in [7, 11) is 0. The fraction of sp³-hybridized carbons (Fsp3) is 0.538. The van der Waals surface area contributed by atoms with E-state index in [-0.39, 0.29) is 6.61 Å². The van der Waals surface area contributed by atoms with Crippen LogP contribution in [0.2, 0.25) is 10.0 Å². The molecule has 1 aromatic carbocycles. The smallest absolute Gasteiger partial charge is 0.0655 e. The second-order valence-electron chi connectivity index (χ2n) is 4.94.